The van der Waals surface area contributed by atoms with Gasteiger partial charge in [-0.3, -0.25) is 0 Å². The third kappa shape index (κ3) is 10.3. The first kappa shape index (κ1) is 26.4. The lowest BCUT2D eigenvalue weighted by molar-refractivity contribution is 0.0591. The predicted molar refractivity (Wildman–Crippen MR) is 125 cm³/mol. The molecule has 4 aliphatic rings. The van der Waals surface area contributed by atoms with E-state index in [9.17, 15) is 0 Å². The lowest BCUT2D eigenvalue weighted by Crippen LogP contribution is -2.36. The maximum atomic E-state index is 8.44. The normalized spacial score (nSPS) is 25.0. The highest BCUT2D eigenvalue weighted by Gasteiger charge is 2.19. The Hall–Kier alpha value is -1.23. The zero-order chi connectivity index (χ0) is 23.1. The molecule has 0 spiro atoms. The van der Waals surface area contributed by atoms with Crippen LogP contribution in [0.15, 0.2) is 6.07 Å². The van der Waals surface area contributed by atoms with Crippen molar-refractivity contribution >= 4 is 17.4 Å². The maximum absolute atomic E-state index is 8.44. The van der Waals surface area contributed by atoms with Crippen LogP contribution < -0.4 is 9.64 Å². The Kier molecular flexibility index (Phi) is 12.5. The zero-order valence-corrected chi connectivity index (χ0v) is 20.2. The summed E-state index contributed by atoms with van der Waals surface area (Å²) in [6.07, 6.45) is 8.49. The highest BCUT2D eigenvalue weighted by atomic mass is 35.5. The van der Waals surface area contributed by atoms with Crippen molar-refractivity contribution in [1.82, 2.24) is 9.97 Å². The maximum Gasteiger partial charge on any atom is 0.319 e. The molecule has 5 heterocycles. The standard InChI is InChI=1S/C13H18ClN3O3.C5H10O2.C5H10O/c14-11-8-12(17-3-6-18-7-4-17)16-13(15-11)20-9-10-2-1-5-19-10;6-4-5-2-1-3-7-5;1-2-4-6-5-3-1/h8,10H,1-7,9H2;5-6H,1-4H2;1-5H2. The Morgan fingerprint density at radius 1 is 0.879 bits per heavy atom. The van der Waals surface area contributed by atoms with Crippen molar-refractivity contribution in [3.05, 3.63) is 11.2 Å². The number of halogens is 1. The van der Waals surface area contributed by atoms with Crippen molar-refractivity contribution in [2.75, 3.05) is 70.8 Å². The van der Waals surface area contributed by atoms with Gasteiger partial charge in [-0.25, -0.2) is 0 Å². The molecule has 9 nitrogen and oxygen atoms in total. The second-order valence-electron chi connectivity index (χ2n) is 8.37. The van der Waals surface area contributed by atoms with Crippen molar-refractivity contribution in [3.8, 4) is 6.01 Å². The summed E-state index contributed by atoms with van der Waals surface area (Å²) in [7, 11) is 0. The van der Waals surface area contributed by atoms with E-state index >= 15 is 0 Å². The van der Waals surface area contributed by atoms with Gasteiger partial charge in [0.15, 0.2) is 0 Å². The van der Waals surface area contributed by atoms with Gasteiger partial charge in [0, 0.05) is 45.6 Å². The van der Waals surface area contributed by atoms with Crippen molar-refractivity contribution in [2.45, 2.75) is 57.2 Å². The summed E-state index contributed by atoms with van der Waals surface area (Å²) >= 11 is 6.04. The molecule has 4 fully saturated rings. The van der Waals surface area contributed by atoms with E-state index in [4.69, 9.17) is 40.4 Å². The van der Waals surface area contributed by atoms with Crippen LogP contribution in [0, 0.1) is 0 Å². The van der Waals surface area contributed by atoms with E-state index in [1.54, 1.807) is 6.07 Å². The van der Waals surface area contributed by atoms with Crippen molar-refractivity contribution in [2.24, 2.45) is 0 Å². The van der Waals surface area contributed by atoms with Crippen LogP contribution in [0.4, 0.5) is 5.82 Å². The van der Waals surface area contributed by atoms with E-state index < -0.39 is 0 Å². The third-order valence-corrected chi connectivity index (χ3v) is 5.92. The number of hydrogen-bond donors (Lipinski definition) is 1. The lowest BCUT2D eigenvalue weighted by atomic mass is 10.2. The van der Waals surface area contributed by atoms with E-state index in [-0.39, 0.29) is 18.8 Å². The molecule has 1 N–H and O–H groups in total. The molecule has 0 aromatic carbocycles. The molecule has 0 aliphatic carbocycles. The van der Waals surface area contributed by atoms with Crippen molar-refractivity contribution in [1.29, 1.82) is 0 Å². The summed E-state index contributed by atoms with van der Waals surface area (Å²) in [6.45, 7) is 7.33. The number of rotatable bonds is 5. The van der Waals surface area contributed by atoms with Gasteiger partial charge in [-0.05, 0) is 44.9 Å². The Bertz CT molecular complexity index is 638. The summed E-state index contributed by atoms with van der Waals surface area (Å²) in [4.78, 5) is 10.6. The number of aliphatic hydroxyl groups excluding tert-OH is 1. The molecule has 0 bridgehead atoms. The van der Waals surface area contributed by atoms with Gasteiger partial charge in [0.25, 0.3) is 0 Å². The minimum absolute atomic E-state index is 0.143. The Labute approximate surface area is 201 Å². The number of morpholine rings is 1. The molecule has 188 valence electrons. The monoisotopic (exact) mass is 487 g/mol. The van der Waals surface area contributed by atoms with Crippen LogP contribution >= 0.6 is 11.6 Å². The second-order valence-corrected chi connectivity index (χ2v) is 8.75. The molecular weight excluding hydrogens is 450 g/mol. The van der Waals surface area contributed by atoms with Gasteiger partial charge in [-0.15, -0.1) is 0 Å². The molecule has 33 heavy (non-hydrogen) atoms. The molecule has 0 radical (unpaired) electrons. The number of ether oxygens (including phenoxy) is 5. The molecule has 4 aliphatic heterocycles. The molecule has 1 aromatic rings. The van der Waals surface area contributed by atoms with Crippen molar-refractivity contribution in [3.63, 3.8) is 0 Å². The minimum atomic E-state index is 0.143. The average Bonchev–Trinajstić information content (AvgIpc) is 3.59. The van der Waals surface area contributed by atoms with Gasteiger partial charge in [0.1, 0.15) is 17.6 Å². The van der Waals surface area contributed by atoms with E-state index in [1.807, 2.05) is 0 Å². The summed E-state index contributed by atoms with van der Waals surface area (Å²) in [5.74, 6) is 0.788. The van der Waals surface area contributed by atoms with Gasteiger partial charge in [0.05, 0.1) is 32.0 Å². The molecule has 0 saturated carbocycles. The number of hydrogen-bond acceptors (Lipinski definition) is 9. The fourth-order valence-corrected chi connectivity index (χ4v) is 3.99. The fourth-order valence-electron chi connectivity index (χ4n) is 3.82. The summed E-state index contributed by atoms with van der Waals surface area (Å²) in [5, 5.41) is 8.83. The van der Waals surface area contributed by atoms with Gasteiger partial charge in [-0.2, -0.15) is 9.97 Å². The third-order valence-electron chi connectivity index (χ3n) is 5.72. The zero-order valence-electron chi connectivity index (χ0n) is 19.5. The van der Waals surface area contributed by atoms with Crippen LogP contribution in [-0.2, 0) is 18.9 Å². The molecule has 0 amide bonds. The molecule has 4 saturated heterocycles. The van der Waals surface area contributed by atoms with Gasteiger partial charge >= 0.3 is 6.01 Å². The van der Waals surface area contributed by atoms with Crippen LogP contribution in [-0.4, -0.2) is 93.2 Å². The number of anilines is 1. The molecule has 5 rings (SSSR count). The Morgan fingerprint density at radius 2 is 1.55 bits per heavy atom. The van der Waals surface area contributed by atoms with E-state index in [2.05, 4.69) is 14.9 Å². The summed E-state index contributed by atoms with van der Waals surface area (Å²) in [5.41, 5.74) is 0. The first-order valence-corrected chi connectivity index (χ1v) is 12.5. The molecule has 2 unspecified atom stereocenters. The SMILES string of the molecule is C1CCOCC1.Clc1cc(N2CCOCC2)nc(OCC2CCCO2)n1.OCC1CCCO1. The van der Waals surface area contributed by atoms with Crippen LogP contribution in [0.25, 0.3) is 0 Å². The quantitative estimate of drug-likeness (QED) is 0.629. The first-order valence-electron chi connectivity index (χ1n) is 12.2. The van der Waals surface area contributed by atoms with Crippen molar-refractivity contribution < 1.29 is 28.8 Å². The largest absolute Gasteiger partial charge is 0.461 e. The number of nitrogens with zero attached hydrogens (tertiary/aromatic N) is 3. The Balaban J connectivity index is 0.000000191. The lowest BCUT2D eigenvalue weighted by Gasteiger charge is -2.27. The van der Waals surface area contributed by atoms with Gasteiger partial charge < -0.3 is 33.7 Å². The van der Waals surface area contributed by atoms with Crippen LogP contribution in [0.3, 0.4) is 0 Å². The van der Waals surface area contributed by atoms with E-state index in [0.29, 0.717) is 31.0 Å². The Morgan fingerprint density at radius 3 is 2.06 bits per heavy atom. The summed E-state index contributed by atoms with van der Waals surface area (Å²) in [6, 6.07) is 2.07. The predicted octanol–water partition coefficient (Wildman–Crippen LogP) is 2.87. The fraction of sp³-hybridized carbons (Fsp3) is 0.826. The minimum Gasteiger partial charge on any atom is -0.461 e. The summed E-state index contributed by atoms with van der Waals surface area (Å²) < 4.78 is 26.6. The molecular formula is C23H38ClN3O6. The van der Waals surface area contributed by atoms with E-state index in [0.717, 1.165) is 71.0 Å². The van der Waals surface area contributed by atoms with Gasteiger partial charge in [-0.1, -0.05) is 11.6 Å². The van der Waals surface area contributed by atoms with Crippen LogP contribution in [0.2, 0.25) is 5.15 Å². The average molecular weight is 488 g/mol. The van der Waals surface area contributed by atoms with Crippen LogP contribution in [0.1, 0.15) is 44.9 Å². The number of aromatic nitrogens is 2. The molecule has 10 heteroatoms. The molecule has 1 aromatic heterocycles. The topological polar surface area (TPSA) is 95.4 Å². The van der Waals surface area contributed by atoms with E-state index in [1.165, 1.54) is 19.3 Å². The van der Waals surface area contributed by atoms with Crippen LogP contribution in [0.5, 0.6) is 6.01 Å². The first-order chi connectivity index (χ1) is 16.2. The number of aliphatic hydroxyl groups is 1. The highest BCUT2D eigenvalue weighted by molar-refractivity contribution is 6.29. The second kappa shape index (κ2) is 15.6. The smallest absolute Gasteiger partial charge is 0.319 e. The molecule has 2 atom stereocenters. The highest BCUT2D eigenvalue weighted by Crippen LogP contribution is 2.21. The van der Waals surface area contributed by atoms with Gasteiger partial charge in [0.2, 0.25) is 0 Å².